The first-order valence-electron chi connectivity index (χ1n) is 15.1. The Morgan fingerprint density at radius 3 is 1.84 bits per heavy atom. The van der Waals surface area contributed by atoms with Crippen LogP contribution < -0.4 is 0 Å². The molecule has 0 unspecified atom stereocenters. The predicted molar refractivity (Wildman–Crippen MR) is 192 cm³/mol. The van der Waals surface area contributed by atoms with Gasteiger partial charge in [-0.2, -0.15) is 0 Å². The molecule has 204 valence electrons. The van der Waals surface area contributed by atoms with Crippen LogP contribution in [0.25, 0.3) is 91.1 Å². The Kier molecular flexibility index (Phi) is 4.94. The Morgan fingerprint density at radius 1 is 0.386 bits per heavy atom. The molecule has 0 spiro atoms. The van der Waals surface area contributed by atoms with E-state index in [-0.39, 0.29) is 0 Å². The smallest absolute Gasteiger partial charge is 0.0626 e. The molecule has 0 saturated heterocycles. The third-order valence-electron chi connectivity index (χ3n) is 9.36. The van der Waals surface area contributed by atoms with E-state index < -0.39 is 0 Å². The standard InChI is InChI=1S/C42H25NS/c1-2-12-27(13-3-1)29-21-11-22-34-35-24-25-37-39(42(35)44-41(29)34)38-32-19-8-6-17-30(32)31-18-7-9-20-33(31)40(38)43(37)36-23-10-15-26-14-4-5-16-28(26)36/h1-25H. The predicted octanol–water partition coefficient (Wildman–Crippen LogP) is 12.3. The molecule has 10 aromatic rings. The zero-order valence-electron chi connectivity index (χ0n) is 23.8. The summed E-state index contributed by atoms with van der Waals surface area (Å²) in [5, 5.41) is 13.0. The highest BCUT2D eigenvalue weighted by Crippen LogP contribution is 2.49. The van der Waals surface area contributed by atoms with E-state index in [2.05, 4.69) is 156 Å². The lowest BCUT2D eigenvalue weighted by Gasteiger charge is -2.14. The van der Waals surface area contributed by atoms with Gasteiger partial charge in [0.05, 0.1) is 16.7 Å². The minimum atomic E-state index is 1.22. The fourth-order valence-corrected chi connectivity index (χ4v) is 8.89. The maximum atomic E-state index is 2.55. The molecule has 0 aliphatic heterocycles. The summed E-state index contributed by atoms with van der Waals surface area (Å²) in [7, 11) is 0. The summed E-state index contributed by atoms with van der Waals surface area (Å²) < 4.78 is 5.24. The molecule has 10 rings (SSSR count). The van der Waals surface area contributed by atoms with Crippen molar-refractivity contribution in [1.82, 2.24) is 4.57 Å². The highest BCUT2D eigenvalue weighted by Gasteiger charge is 2.23. The quantitative estimate of drug-likeness (QED) is 0.181. The molecule has 1 nitrogen and oxygen atoms in total. The van der Waals surface area contributed by atoms with E-state index in [1.165, 1.54) is 91.1 Å². The highest BCUT2D eigenvalue weighted by molar-refractivity contribution is 7.27. The van der Waals surface area contributed by atoms with Crippen LogP contribution in [0.3, 0.4) is 0 Å². The van der Waals surface area contributed by atoms with Crippen molar-refractivity contribution in [3.05, 3.63) is 152 Å². The molecular weight excluding hydrogens is 551 g/mol. The van der Waals surface area contributed by atoms with E-state index in [4.69, 9.17) is 0 Å². The van der Waals surface area contributed by atoms with Gasteiger partial charge in [-0.3, -0.25) is 0 Å². The zero-order valence-corrected chi connectivity index (χ0v) is 24.6. The minimum absolute atomic E-state index is 1.22. The average Bonchev–Trinajstić information content (AvgIpc) is 3.65. The molecule has 0 radical (unpaired) electrons. The maximum absolute atomic E-state index is 2.55. The van der Waals surface area contributed by atoms with Crippen molar-refractivity contribution in [1.29, 1.82) is 0 Å². The van der Waals surface area contributed by atoms with Crippen LogP contribution in [-0.4, -0.2) is 4.57 Å². The first-order chi connectivity index (χ1) is 21.9. The number of benzene rings is 8. The van der Waals surface area contributed by atoms with Crippen LogP contribution in [0.1, 0.15) is 0 Å². The van der Waals surface area contributed by atoms with E-state index in [0.717, 1.165) is 0 Å². The Hall–Kier alpha value is -5.44. The Bertz CT molecular complexity index is 2760. The second-order valence-corrected chi connectivity index (χ2v) is 12.7. The molecule has 0 atom stereocenters. The van der Waals surface area contributed by atoms with Gasteiger partial charge in [-0.1, -0.05) is 140 Å². The number of thiophene rings is 1. The van der Waals surface area contributed by atoms with Crippen LogP contribution in [0, 0.1) is 0 Å². The van der Waals surface area contributed by atoms with Gasteiger partial charge in [0.25, 0.3) is 0 Å². The molecular formula is C42H25NS. The van der Waals surface area contributed by atoms with Gasteiger partial charge in [0.1, 0.15) is 0 Å². The molecule has 0 aliphatic rings. The molecule has 0 bridgehead atoms. The summed E-state index contributed by atoms with van der Waals surface area (Å²) >= 11 is 1.94. The molecule has 2 heterocycles. The van der Waals surface area contributed by atoms with Crippen LogP contribution in [-0.2, 0) is 0 Å². The molecule has 2 aromatic heterocycles. The number of nitrogens with zero attached hydrogens (tertiary/aromatic N) is 1. The zero-order chi connectivity index (χ0) is 28.8. The fraction of sp³-hybridized carbons (Fsp3) is 0. The molecule has 8 aromatic carbocycles. The number of aromatic nitrogens is 1. The number of fused-ring (bicyclic) bond motifs is 13. The van der Waals surface area contributed by atoms with Crippen molar-refractivity contribution in [3.63, 3.8) is 0 Å². The summed E-state index contributed by atoms with van der Waals surface area (Å²) in [5.41, 5.74) is 6.30. The number of hydrogen-bond donors (Lipinski definition) is 0. The van der Waals surface area contributed by atoms with Gasteiger partial charge < -0.3 is 4.57 Å². The minimum Gasteiger partial charge on any atom is -0.308 e. The molecule has 0 saturated carbocycles. The van der Waals surface area contributed by atoms with Gasteiger partial charge in [0.2, 0.25) is 0 Å². The van der Waals surface area contributed by atoms with E-state index in [0.29, 0.717) is 0 Å². The molecule has 0 fully saturated rings. The van der Waals surface area contributed by atoms with Crippen molar-refractivity contribution in [2.45, 2.75) is 0 Å². The maximum Gasteiger partial charge on any atom is 0.0626 e. The number of rotatable bonds is 2. The van der Waals surface area contributed by atoms with Crippen LogP contribution in [0.4, 0.5) is 0 Å². The Balaban J connectivity index is 1.49. The first-order valence-corrected chi connectivity index (χ1v) is 15.9. The van der Waals surface area contributed by atoms with E-state index in [1.54, 1.807) is 0 Å². The second-order valence-electron chi connectivity index (χ2n) is 11.6. The van der Waals surface area contributed by atoms with Crippen LogP contribution in [0.2, 0.25) is 0 Å². The highest BCUT2D eigenvalue weighted by atomic mass is 32.1. The average molecular weight is 576 g/mol. The molecule has 44 heavy (non-hydrogen) atoms. The van der Waals surface area contributed by atoms with Crippen LogP contribution >= 0.6 is 11.3 Å². The van der Waals surface area contributed by atoms with Crippen molar-refractivity contribution in [3.8, 4) is 16.8 Å². The molecule has 0 amide bonds. The lowest BCUT2D eigenvalue weighted by atomic mass is 9.96. The van der Waals surface area contributed by atoms with Crippen molar-refractivity contribution in [2.75, 3.05) is 0 Å². The fourth-order valence-electron chi connectivity index (χ4n) is 7.51. The summed E-state index contributed by atoms with van der Waals surface area (Å²) in [6.07, 6.45) is 0. The lowest BCUT2D eigenvalue weighted by Crippen LogP contribution is -1.96. The normalized spacial score (nSPS) is 12.1. The van der Waals surface area contributed by atoms with Gasteiger partial charge in [0, 0.05) is 41.7 Å². The van der Waals surface area contributed by atoms with E-state index in [1.807, 2.05) is 11.3 Å². The summed E-state index contributed by atoms with van der Waals surface area (Å²) in [6.45, 7) is 0. The van der Waals surface area contributed by atoms with Crippen molar-refractivity contribution < 1.29 is 0 Å². The van der Waals surface area contributed by atoms with E-state index in [9.17, 15) is 0 Å². The van der Waals surface area contributed by atoms with Crippen molar-refractivity contribution >= 4 is 85.6 Å². The number of hydrogen-bond acceptors (Lipinski definition) is 1. The van der Waals surface area contributed by atoms with Gasteiger partial charge in [-0.25, -0.2) is 0 Å². The Labute approximate surface area is 257 Å². The van der Waals surface area contributed by atoms with Crippen molar-refractivity contribution in [2.24, 2.45) is 0 Å². The molecule has 2 heteroatoms. The van der Waals surface area contributed by atoms with Gasteiger partial charge >= 0.3 is 0 Å². The second kappa shape index (κ2) is 9.03. The van der Waals surface area contributed by atoms with Gasteiger partial charge in [-0.05, 0) is 44.8 Å². The summed E-state index contributed by atoms with van der Waals surface area (Å²) in [5.74, 6) is 0. The monoisotopic (exact) mass is 575 g/mol. The summed E-state index contributed by atoms with van der Waals surface area (Å²) in [6, 6.07) is 55.7. The van der Waals surface area contributed by atoms with Crippen LogP contribution in [0.5, 0.6) is 0 Å². The lowest BCUT2D eigenvalue weighted by molar-refractivity contribution is 1.21. The third-order valence-corrected chi connectivity index (χ3v) is 10.6. The van der Waals surface area contributed by atoms with E-state index >= 15 is 0 Å². The van der Waals surface area contributed by atoms with Crippen LogP contribution in [0.15, 0.2) is 152 Å². The molecule has 0 N–H and O–H groups in total. The SMILES string of the molecule is c1ccc(-c2cccc3c2sc2c3ccc3c2c2c4ccccc4c4ccccc4c2n3-c2cccc3ccccc23)cc1. The van der Waals surface area contributed by atoms with Gasteiger partial charge in [0.15, 0.2) is 0 Å². The molecule has 0 aliphatic carbocycles. The Morgan fingerprint density at radius 2 is 1.00 bits per heavy atom. The summed E-state index contributed by atoms with van der Waals surface area (Å²) in [4.78, 5) is 0. The first kappa shape index (κ1) is 24.0. The topological polar surface area (TPSA) is 4.93 Å². The largest absolute Gasteiger partial charge is 0.308 e. The third kappa shape index (κ3) is 3.18. The van der Waals surface area contributed by atoms with Gasteiger partial charge in [-0.15, -0.1) is 11.3 Å².